The zero-order chi connectivity index (χ0) is 18.0. The summed E-state index contributed by atoms with van der Waals surface area (Å²) in [6, 6.07) is 6.75. The average molecular weight is 381 g/mol. The summed E-state index contributed by atoms with van der Waals surface area (Å²) < 4.78 is 5.43. The monoisotopic (exact) mass is 380 g/mol. The first kappa shape index (κ1) is 17.7. The molecule has 2 heterocycles. The van der Waals surface area contributed by atoms with Gasteiger partial charge in [-0.1, -0.05) is 11.6 Å². The molecule has 25 heavy (non-hydrogen) atoms. The van der Waals surface area contributed by atoms with E-state index in [1.165, 1.54) is 16.2 Å². The number of quaternary nitrogens is 1. The van der Waals surface area contributed by atoms with Crippen LogP contribution in [0.2, 0.25) is 5.02 Å². The maximum absolute atomic E-state index is 12.2. The van der Waals surface area contributed by atoms with Gasteiger partial charge in [0.2, 0.25) is 0 Å². The molecule has 1 aromatic heterocycles. The summed E-state index contributed by atoms with van der Waals surface area (Å²) in [6.45, 7) is 1.61. The third-order valence-electron chi connectivity index (χ3n) is 4.04. The van der Waals surface area contributed by atoms with E-state index in [0.29, 0.717) is 21.3 Å². The third-order valence-corrected chi connectivity index (χ3v) is 5.44. The van der Waals surface area contributed by atoms with Gasteiger partial charge in [0, 0.05) is 11.4 Å². The summed E-state index contributed by atoms with van der Waals surface area (Å²) in [5.41, 5.74) is 6.95. The van der Waals surface area contributed by atoms with Crippen LogP contribution in [0.4, 0.5) is 5.00 Å². The molecule has 0 bridgehead atoms. The molecule has 132 valence electrons. The minimum Gasteiger partial charge on any atom is -0.484 e. The van der Waals surface area contributed by atoms with Crippen LogP contribution in [0.1, 0.15) is 20.8 Å². The molecular formula is C17H19ClN3O3S+. The largest absolute Gasteiger partial charge is 0.484 e. The van der Waals surface area contributed by atoms with Gasteiger partial charge in [-0.05, 0) is 29.8 Å². The number of halogens is 1. The Labute approximate surface area is 154 Å². The van der Waals surface area contributed by atoms with E-state index in [-0.39, 0.29) is 12.5 Å². The molecule has 1 atom stereocenters. The van der Waals surface area contributed by atoms with Gasteiger partial charge in [0.1, 0.15) is 17.3 Å². The standard InChI is InChI=1S/C17H18ClN3O3S/c1-21-7-6-12-13(8-21)25-17(15(12)16(19)23)20-14(22)9-24-11-4-2-10(18)3-5-11/h2-5H,6-9H2,1H3,(H2,19,23)(H,20,22)/p+1. The van der Waals surface area contributed by atoms with E-state index in [2.05, 4.69) is 12.4 Å². The molecule has 0 aliphatic carbocycles. The Bertz CT molecular complexity index is 804. The number of benzene rings is 1. The van der Waals surface area contributed by atoms with Crippen molar-refractivity contribution in [2.75, 3.05) is 25.5 Å². The van der Waals surface area contributed by atoms with Gasteiger partial charge < -0.3 is 20.7 Å². The van der Waals surface area contributed by atoms with E-state index in [0.717, 1.165) is 30.0 Å². The molecule has 6 nitrogen and oxygen atoms in total. The van der Waals surface area contributed by atoms with Crippen molar-refractivity contribution in [2.24, 2.45) is 5.73 Å². The van der Waals surface area contributed by atoms with Gasteiger partial charge in [0.05, 0.1) is 24.0 Å². The Hall–Kier alpha value is -2.09. The van der Waals surface area contributed by atoms with Crippen LogP contribution >= 0.6 is 22.9 Å². The summed E-state index contributed by atoms with van der Waals surface area (Å²) in [6.07, 6.45) is 0.785. The van der Waals surface area contributed by atoms with E-state index in [4.69, 9.17) is 22.1 Å². The normalized spacial score (nSPS) is 16.2. The van der Waals surface area contributed by atoms with E-state index in [1.54, 1.807) is 24.3 Å². The van der Waals surface area contributed by atoms with Crippen molar-refractivity contribution in [3.8, 4) is 5.75 Å². The molecular weight excluding hydrogens is 362 g/mol. The first-order valence-electron chi connectivity index (χ1n) is 7.88. The van der Waals surface area contributed by atoms with E-state index in [1.807, 2.05) is 0 Å². The summed E-state index contributed by atoms with van der Waals surface area (Å²) in [4.78, 5) is 26.5. The lowest BCUT2D eigenvalue weighted by Gasteiger charge is -2.19. The molecule has 0 fully saturated rings. The molecule has 1 aliphatic heterocycles. The van der Waals surface area contributed by atoms with Gasteiger partial charge in [-0.3, -0.25) is 9.59 Å². The number of primary amides is 1. The average Bonchev–Trinajstić information content (AvgIpc) is 2.91. The Morgan fingerprint density at radius 1 is 1.36 bits per heavy atom. The maximum Gasteiger partial charge on any atom is 0.262 e. The molecule has 0 spiro atoms. The first-order chi connectivity index (χ1) is 11.9. The fraction of sp³-hybridized carbons (Fsp3) is 0.294. The number of ether oxygens (including phenoxy) is 1. The smallest absolute Gasteiger partial charge is 0.262 e. The van der Waals surface area contributed by atoms with Crippen molar-refractivity contribution in [2.45, 2.75) is 13.0 Å². The predicted molar refractivity (Wildman–Crippen MR) is 97.6 cm³/mol. The number of nitrogens with one attached hydrogen (secondary N) is 2. The lowest BCUT2D eigenvalue weighted by atomic mass is 10.0. The highest BCUT2D eigenvalue weighted by atomic mass is 35.5. The van der Waals surface area contributed by atoms with Gasteiger partial charge in [-0.15, -0.1) is 11.3 Å². The Kier molecular flexibility index (Phi) is 5.27. The molecule has 2 amide bonds. The lowest BCUT2D eigenvalue weighted by molar-refractivity contribution is -0.895. The zero-order valence-corrected chi connectivity index (χ0v) is 15.3. The Morgan fingerprint density at radius 2 is 2.08 bits per heavy atom. The minimum absolute atomic E-state index is 0.159. The van der Waals surface area contributed by atoms with Gasteiger partial charge in [-0.25, -0.2) is 0 Å². The fourth-order valence-corrected chi connectivity index (χ4v) is 4.32. The first-order valence-corrected chi connectivity index (χ1v) is 9.07. The second-order valence-electron chi connectivity index (χ2n) is 6.00. The number of thiophene rings is 1. The van der Waals surface area contributed by atoms with Crippen LogP contribution in [0.25, 0.3) is 0 Å². The highest BCUT2D eigenvalue weighted by molar-refractivity contribution is 7.17. The lowest BCUT2D eigenvalue weighted by Crippen LogP contribution is -3.08. The van der Waals surface area contributed by atoms with E-state index in [9.17, 15) is 9.59 Å². The molecule has 8 heteroatoms. The van der Waals surface area contributed by atoms with Gasteiger partial charge in [0.15, 0.2) is 6.61 Å². The topological polar surface area (TPSA) is 85.9 Å². The summed E-state index contributed by atoms with van der Waals surface area (Å²) in [5.74, 6) is -0.298. The number of amides is 2. The Morgan fingerprint density at radius 3 is 2.76 bits per heavy atom. The second-order valence-corrected chi connectivity index (χ2v) is 7.54. The summed E-state index contributed by atoms with van der Waals surface area (Å²) in [7, 11) is 2.10. The van der Waals surface area contributed by atoms with Crippen molar-refractivity contribution in [3.05, 3.63) is 45.3 Å². The van der Waals surface area contributed by atoms with Crippen LogP contribution in [0.15, 0.2) is 24.3 Å². The molecule has 1 unspecified atom stereocenters. The highest BCUT2D eigenvalue weighted by Crippen LogP contribution is 2.34. The van der Waals surface area contributed by atoms with Crippen molar-refractivity contribution in [1.29, 1.82) is 0 Å². The molecule has 2 aromatic rings. The van der Waals surface area contributed by atoms with Crippen LogP contribution in [-0.2, 0) is 17.8 Å². The summed E-state index contributed by atoms with van der Waals surface area (Å²) >= 11 is 7.23. The molecule has 0 saturated heterocycles. The van der Waals surface area contributed by atoms with Crippen LogP contribution in [-0.4, -0.2) is 32.0 Å². The predicted octanol–water partition coefficient (Wildman–Crippen LogP) is 1.09. The van der Waals surface area contributed by atoms with Crippen LogP contribution in [0.3, 0.4) is 0 Å². The van der Waals surface area contributed by atoms with Gasteiger partial charge in [-0.2, -0.15) is 0 Å². The number of anilines is 1. The summed E-state index contributed by atoms with van der Waals surface area (Å²) in [5, 5.41) is 3.87. The van der Waals surface area contributed by atoms with Gasteiger partial charge in [0.25, 0.3) is 11.8 Å². The maximum atomic E-state index is 12.2. The molecule has 1 aliphatic rings. The minimum atomic E-state index is -0.508. The quantitative estimate of drug-likeness (QED) is 0.725. The van der Waals surface area contributed by atoms with Crippen LogP contribution in [0, 0.1) is 0 Å². The third kappa shape index (κ3) is 4.12. The SMILES string of the molecule is C[NH+]1CCc2c(sc(NC(=O)COc3ccc(Cl)cc3)c2C(N)=O)C1. The fourth-order valence-electron chi connectivity index (χ4n) is 2.81. The second kappa shape index (κ2) is 7.43. The number of carbonyl (C=O) groups is 2. The van der Waals surface area contributed by atoms with Crippen molar-refractivity contribution in [1.82, 2.24) is 0 Å². The molecule has 4 N–H and O–H groups in total. The molecule has 0 radical (unpaired) electrons. The van der Waals surface area contributed by atoms with Crippen molar-refractivity contribution in [3.63, 3.8) is 0 Å². The van der Waals surface area contributed by atoms with Crippen LogP contribution in [0.5, 0.6) is 5.75 Å². The van der Waals surface area contributed by atoms with Crippen molar-refractivity contribution < 1.29 is 19.2 Å². The number of likely N-dealkylation sites (N-methyl/N-ethyl adjacent to an activating group) is 1. The Balaban J connectivity index is 1.70. The number of fused-ring (bicyclic) bond motifs is 1. The highest BCUT2D eigenvalue weighted by Gasteiger charge is 2.28. The van der Waals surface area contributed by atoms with E-state index < -0.39 is 5.91 Å². The van der Waals surface area contributed by atoms with E-state index >= 15 is 0 Å². The zero-order valence-electron chi connectivity index (χ0n) is 13.7. The van der Waals surface area contributed by atoms with Gasteiger partial charge >= 0.3 is 0 Å². The molecule has 0 saturated carbocycles. The molecule has 1 aromatic carbocycles. The number of hydrogen-bond acceptors (Lipinski definition) is 4. The molecule has 3 rings (SSSR count). The van der Waals surface area contributed by atoms with Crippen molar-refractivity contribution >= 4 is 39.8 Å². The number of rotatable bonds is 5. The number of carbonyl (C=O) groups excluding carboxylic acids is 2. The number of hydrogen-bond donors (Lipinski definition) is 3. The van der Waals surface area contributed by atoms with Crippen LogP contribution < -0.4 is 20.7 Å². The number of nitrogens with two attached hydrogens (primary N) is 1.